The lowest BCUT2D eigenvalue weighted by molar-refractivity contribution is 0.205. The van der Waals surface area contributed by atoms with Crippen molar-refractivity contribution >= 4 is 5.95 Å². The Bertz CT molecular complexity index is 334. The Kier molecular flexibility index (Phi) is 3.49. The molecule has 2 atom stereocenters. The Morgan fingerprint density at radius 1 is 1.56 bits per heavy atom. The van der Waals surface area contributed by atoms with E-state index in [1.165, 1.54) is 19.5 Å². The minimum atomic E-state index is 0.559. The fourth-order valence-electron chi connectivity index (χ4n) is 2.44. The third-order valence-electron chi connectivity index (χ3n) is 3.48. The smallest absolute Gasteiger partial charge is 0.202 e. The van der Waals surface area contributed by atoms with E-state index in [1.54, 1.807) is 0 Å². The van der Waals surface area contributed by atoms with Gasteiger partial charge in [-0.1, -0.05) is 6.92 Å². The van der Waals surface area contributed by atoms with Crippen molar-refractivity contribution in [1.82, 2.24) is 14.5 Å². The molecule has 1 aromatic heterocycles. The first kappa shape index (κ1) is 11.5. The van der Waals surface area contributed by atoms with Gasteiger partial charge in [0.15, 0.2) is 0 Å². The SMILES string of the molecule is CCn1ccnc1NC1CCN(C)CC1C. The Balaban J connectivity index is 1.99. The van der Waals surface area contributed by atoms with Crippen LogP contribution in [-0.4, -0.2) is 40.6 Å². The van der Waals surface area contributed by atoms with Crippen LogP contribution in [0.3, 0.4) is 0 Å². The third-order valence-corrected chi connectivity index (χ3v) is 3.48. The van der Waals surface area contributed by atoms with Gasteiger partial charge in [0.2, 0.25) is 5.95 Å². The van der Waals surface area contributed by atoms with Crippen molar-refractivity contribution in [3.63, 3.8) is 0 Å². The van der Waals surface area contributed by atoms with Crippen molar-refractivity contribution in [2.75, 3.05) is 25.5 Å². The Hall–Kier alpha value is -1.03. The molecule has 4 nitrogen and oxygen atoms in total. The topological polar surface area (TPSA) is 33.1 Å². The summed E-state index contributed by atoms with van der Waals surface area (Å²) in [5.74, 6) is 1.70. The number of piperidine rings is 1. The van der Waals surface area contributed by atoms with Gasteiger partial charge in [0.1, 0.15) is 0 Å². The van der Waals surface area contributed by atoms with Crippen molar-refractivity contribution in [3.05, 3.63) is 12.4 Å². The predicted molar refractivity (Wildman–Crippen MR) is 66.6 cm³/mol. The number of hydrogen-bond acceptors (Lipinski definition) is 3. The molecule has 0 amide bonds. The van der Waals surface area contributed by atoms with E-state index in [1.807, 2.05) is 12.4 Å². The largest absolute Gasteiger partial charge is 0.353 e. The van der Waals surface area contributed by atoms with E-state index in [4.69, 9.17) is 0 Å². The summed E-state index contributed by atoms with van der Waals surface area (Å²) in [6.07, 6.45) is 5.10. The maximum absolute atomic E-state index is 4.37. The molecule has 0 aromatic carbocycles. The lowest BCUT2D eigenvalue weighted by atomic mass is 9.94. The molecular formula is C12H22N4. The fraction of sp³-hybridized carbons (Fsp3) is 0.750. The maximum Gasteiger partial charge on any atom is 0.202 e. The first-order chi connectivity index (χ1) is 7.70. The van der Waals surface area contributed by atoms with Crippen LogP contribution in [0.4, 0.5) is 5.95 Å². The fourth-order valence-corrected chi connectivity index (χ4v) is 2.44. The third kappa shape index (κ3) is 2.38. The van der Waals surface area contributed by atoms with Crippen LogP contribution in [0.1, 0.15) is 20.3 Å². The van der Waals surface area contributed by atoms with Crippen molar-refractivity contribution in [2.24, 2.45) is 5.92 Å². The highest BCUT2D eigenvalue weighted by Gasteiger charge is 2.24. The normalized spacial score (nSPS) is 26.9. The summed E-state index contributed by atoms with van der Waals surface area (Å²) in [6.45, 7) is 7.78. The van der Waals surface area contributed by atoms with Crippen molar-refractivity contribution in [2.45, 2.75) is 32.9 Å². The standard InChI is InChI=1S/C12H22N4/c1-4-16-8-6-13-12(16)14-11-5-7-15(3)9-10(11)2/h6,8,10-11H,4-5,7,9H2,1-3H3,(H,13,14). The minimum Gasteiger partial charge on any atom is -0.353 e. The molecule has 0 aliphatic carbocycles. The number of imidazole rings is 1. The highest BCUT2D eigenvalue weighted by molar-refractivity contribution is 5.28. The number of hydrogen-bond donors (Lipinski definition) is 1. The Morgan fingerprint density at radius 2 is 2.38 bits per heavy atom. The van der Waals surface area contributed by atoms with Crippen LogP contribution in [0.2, 0.25) is 0 Å². The molecule has 1 saturated heterocycles. The molecule has 0 bridgehead atoms. The van der Waals surface area contributed by atoms with Crippen LogP contribution in [0, 0.1) is 5.92 Å². The van der Waals surface area contributed by atoms with Gasteiger partial charge in [-0.2, -0.15) is 0 Å². The summed E-state index contributed by atoms with van der Waals surface area (Å²) in [5, 5.41) is 3.58. The molecular weight excluding hydrogens is 200 g/mol. The van der Waals surface area contributed by atoms with Gasteiger partial charge in [0.05, 0.1) is 0 Å². The minimum absolute atomic E-state index is 0.559. The van der Waals surface area contributed by atoms with E-state index >= 15 is 0 Å². The number of likely N-dealkylation sites (tertiary alicyclic amines) is 1. The molecule has 1 aromatic rings. The number of nitrogens with zero attached hydrogens (tertiary/aromatic N) is 3. The molecule has 2 unspecified atom stereocenters. The van der Waals surface area contributed by atoms with Gasteiger partial charge in [-0.05, 0) is 32.9 Å². The Morgan fingerprint density at radius 3 is 3.06 bits per heavy atom. The first-order valence-corrected chi connectivity index (χ1v) is 6.17. The molecule has 2 rings (SSSR count). The van der Waals surface area contributed by atoms with Crippen LogP contribution < -0.4 is 5.32 Å². The summed E-state index contributed by atoms with van der Waals surface area (Å²) in [7, 11) is 2.19. The van der Waals surface area contributed by atoms with Gasteiger partial charge in [0, 0.05) is 31.5 Å². The number of rotatable bonds is 3. The van der Waals surface area contributed by atoms with Crippen LogP contribution in [0.25, 0.3) is 0 Å². The summed E-state index contributed by atoms with van der Waals surface area (Å²) in [5.41, 5.74) is 0. The molecule has 1 aliphatic heterocycles. The highest BCUT2D eigenvalue weighted by Crippen LogP contribution is 2.19. The maximum atomic E-state index is 4.37. The molecule has 1 fully saturated rings. The van der Waals surface area contributed by atoms with Gasteiger partial charge in [-0.15, -0.1) is 0 Å². The van der Waals surface area contributed by atoms with Gasteiger partial charge >= 0.3 is 0 Å². The van der Waals surface area contributed by atoms with Gasteiger partial charge < -0.3 is 14.8 Å². The number of anilines is 1. The van der Waals surface area contributed by atoms with E-state index in [-0.39, 0.29) is 0 Å². The predicted octanol–water partition coefficient (Wildman–Crippen LogP) is 1.66. The average molecular weight is 222 g/mol. The zero-order valence-electron chi connectivity index (χ0n) is 10.5. The average Bonchev–Trinajstić information content (AvgIpc) is 2.69. The zero-order valence-corrected chi connectivity index (χ0v) is 10.5. The number of aryl methyl sites for hydroxylation is 1. The molecule has 0 radical (unpaired) electrons. The molecule has 16 heavy (non-hydrogen) atoms. The quantitative estimate of drug-likeness (QED) is 0.844. The second kappa shape index (κ2) is 4.87. The van der Waals surface area contributed by atoms with Crippen molar-refractivity contribution in [1.29, 1.82) is 0 Å². The molecule has 0 spiro atoms. The van der Waals surface area contributed by atoms with Gasteiger partial charge in [-0.3, -0.25) is 0 Å². The molecule has 0 saturated carbocycles. The van der Waals surface area contributed by atoms with Crippen molar-refractivity contribution in [3.8, 4) is 0 Å². The first-order valence-electron chi connectivity index (χ1n) is 6.17. The molecule has 4 heteroatoms. The number of aromatic nitrogens is 2. The Labute approximate surface area is 97.7 Å². The lowest BCUT2D eigenvalue weighted by Crippen LogP contribution is -2.43. The van der Waals surface area contributed by atoms with E-state index in [9.17, 15) is 0 Å². The second-order valence-electron chi connectivity index (χ2n) is 4.82. The highest BCUT2D eigenvalue weighted by atomic mass is 15.2. The van der Waals surface area contributed by atoms with Gasteiger partial charge in [0.25, 0.3) is 0 Å². The van der Waals surface area contributed by atoms with Crippen LogP contribution >= 0.6 is 0 Å². The van der Waals surface area contributed by atoms with Gasteiger partial charge in [-0.25, -0.2) is 4.98 Å². The monoisotopic (exact) mass is 222 g/mol. The van der Waals surface area contributed by atoms with Crippen LogP contribution in [0.5, 0.6) is 0 Å². The molecule has 1 N–H and O–H groups in total. The summed E-state index contributed by atoms with van der Waals surface area (Å²) < 4.78 is 2.16. The van der Waals surface area contributed by atoms with E-state index in [0.29, 0.717) is 12.0 Å². The molecule has 90 valence electrons. The van der Waals surface area contributed by atoms with Crippen LogP contribution in [0.15, 0.2) is 12.4 Å². The van der Waals surface area contributed by atoms with Crippen molar-refractivity contribution < 1.29 is 0 Å². The summed E-state index contributed by atoms with van der Waals surface area (Å²) in [6, 6.07) is 0.559. The van der Waals surface area contributed by atoms with E-state index in [0.717, 1.165) is 12.5 Å². The lowest BCUT2D eigenvalue weighted by Gasteiger charge is -2.35. The molecule has 1 aliphatic rings. The summed E-state index contributed by atoms with van der Waals surface area (Å²) in [4.78, 5) is 6.77. The number of nitrogens with one attached hydrogen (secondary N) is 1. The summed E-state index contributed by atoms with van der Waals surface area (Å²) >= 11 is 0. The van der Waals surface area contributed by atoms with Crippen LogP contribution in [-0.2, 0) is 6.54 Å². The van der Waals surface area contributed by atoms with E-state index < -0.39 is 0 Å². The second-order valence-corrected chi connectivity index (χ2v) is 4.82. The molecule has 2 heterocycles. The van der Waals surface area contributed by atoms with E-state index in [2.05, 4.69) is 40.7 Å². The zero-order chi connectivity index (χ0) is 11.5.